The first-order chi connectivity index (χ1) is 8.49. The van der Waals surface area contributed by atoms with E-state index in [1.54, 1.807) is 11.8 Å². The fourth-order valence-electron chi connectivity index (χ4n) is 2.16. The van der Waals surface area contributed by atoms with Gasteiger partial charge in [0.05, 0.1) is 12.6 Å². The maximum absolute atomic E-state index is 12.3. The Morgan fingerprint density at radius 1 is 1.39 bits per heavy atom. The monoisotopic (exact) mass is 256 g/mol. The number of ether oxygens (including phenoxy) is 1. The molecule has 104 valence electrons. The van der Waals surface area contributed by atoms with Gasteiger partial charge in [0.2, 0.25) is 5.91 Å². The zero-order valence-electron chi connectivity index (χ0n) is 11.5. The van der Waals surface area contributed by atoms with Crippen LogP contribution in [0.4, 0.5) is 0 Å². The van der Waals surface area contributed by atoms with Gasteiger partial charge in [-0.1, -0.05) is 13.8 Å². The third-order valence-electron chi connectivity index (χ3n) is 3.35. The molecule has 1 heterocycles. The Labute approximate surface area is 109 Å². The van der Waals surface area contributed by atoms with Crippen molar-refractivity contribution in [2.45, 2.75) is 52.1 Å². The second-order valence-electron chi connectivity index (χ2n) is 5.07. The van der Waals surface area contributed by atoms with Gasteiger partial charge in [-0.2, -0.15) is 0 Å². The van der Waals surface area contributed by atoms with E-state index < -0.39 is 12.1 Å². The predicted octanol–water partition coefficient (Wildman–Crippen LogP) is 0.914. The van der Waals surface area contributed by atoms with Crippen molar-refractivity contribution in [1.29, 1.82) is 0 Å². The van der Waals surface area contributed by atoms with Crippen molar-refractivity contribution in [2.24, 2.45) is 11.7 Å². The summed E-state index contributed by atoms with van der Waals surface area (Å²) >= 11 is 0. The minimum absolute atomic E-state index is 0.0715. The van der Waals surface area contributed by atoms with Crippen LogP contribution < -0.4 is 5.73 Å². The molecule has 1 amide bonds. The molecule has 0 saturated carbocycles. The van der Waals surface area contributed by atoms with Crippen molar-refractivity contribution >= 4 is 11.9 Å². The van der Waals surface area contributed by atoms with E-state index in [2.05, 4.69) is 0 Å². The van der Waals surface area contributed by atoms with Crippen LogP contribution in [0.2, 0.25) is 0 Å². The summed E-state index contributed by atoms with van der Waals surface area (Å²) in [5.41, 5.74) is 5.88. The highest BCUT2D eigenvalue weighted by atomic mass is 16.5. The van der Waals surface area contributed by atoms with E-state index in [1.807, 2.05) is 13.8 Å². The summed E-state index contributed by atoms with van der Waals surface area (Å²) in [6.45, 7) is 6.53. The van der Waals surface area contributed by atoms with E-state index in [4.69, 9.17) is 10.5 Å². The average molecular weight is 256 g/mol. The second kappa shape index (κ2) is 6.73. The van der Waals surface area contributed by atoms with E-state index in [0.717, 1.165) is 12.8 Å². The molecule has 1 aliphatic heterocycles. The van der Waals surface area contributed by atoms with Crippen molar-refractivity contribution in [1.82, 2.24) is 4.90 Å². The molecule has 5 heteroatoms. The van der Waals surface area contributed by atoms with Crippen molar-refractivity contribution in [2.75, 3.05) is 13.2 Å². The van der Waals surface area contributed by atoms with Gasteiger partial charge >= 0.3 is 5.97 Å². The molecule has 2 N–H and O–H groups in total. The smallest absolute Gasteiger partial charge is 0.328 e. The summed E-state index contributed by atoms with van der Waals surface area (Å²) < 4.78 is 5.03. The van der Waals surface area contributed by atoms with Crippen molar-refractivity contribution < 1.29 is 14.3 Å². The van der Waals surface area contributed by atoms with Gasteiger partial charge in [-0.05, 0) is 32.1 Å². The van der Waals surface area contributed by atoms with Crippen LogP contribution in [0.3, 0.4) is 0 Å². The fraction of sp³-hybridized carbons (Fsp3) is 0.846. The van der Waals surface area contributed by atoms with Crippen LogP contribution in [0.15, 0.2) is 0 Å². The quantitative estimate of drug-likeness (QED) is 0.759. The average Bonchev–Trinajstić information content (AvgIpc) is 2.37. The first-order valence-electron chi connectivity index (χ1n) is 6.71. The summed E-state index contributed by atoms with van der Waals surface area (Å²) in [7, 11) is 0. The fourth-order valence-corrected chi connectivity index (χ4v) is 2.16. The number of esters is 1. The zero-order chi connectivity index (χ0) is 13.7. The summed E-state index contributed by atoms with van der Waals surface area (Å²) in [4.78, 5) is 25.7. The molecule has 0 bridgehead atoms. The van der Waals surface area contributed by atoms with Crippen LogP contribution in [0.5, 0.6) is 0 Å². The third-order valence-corrected chi connectivity index (χ3v) is 3.35. The number of nitrogens with two attached hydrogens (primary N) is 1. The molecule has 0 aromatic rings. The summed E-state index contributed by atoms with van der Waals surface area (Å²) in [5, 5.41) is 0. The third kappa shape index (κ3) is 3.45. The Balaban J connectivity index is 2.76. The highest BCUT2D eigenvalue weighted by Crippen LogP contribution is 2.20. The van der Waals surface area contributed by atoms with E-state index >= 15 is 0 Å². The lowest BCUT2D eigenvalue weighted by Crippen LogP contribution is -2.55. The second-order valence-corrected chi connectivity index (χ2v) is 5.07. The van der Waals surface area contributed by atoms with E-state index in [0.29, 0.717) is 19.6 Å². The lowest BCUT2D eigenvalue weighted by Gasteiger charge is -2.36. The van der Waals surface area contributed by atoms with Crippen LogP contribution in [0.1, 0.15) is 40.0 Å². The Kier molecular flexibility index (Phi) is 5.59. The normalized spacial score (nSPS) is 21.8. The van der Waals surface area contributed by atoms with E-state index in [1.165, 1.54) is 0 Å². The molecule has 0 radical (unpaired) electrons. The maximum atomic E-state index is 12.3. The van der Waals surface area contributed by atoms with Crippen LogP contribution in [0, 0.1) is 5.92 Å². The molecule has 1 rings (SSSR count). The lowest BCUT2D eigenvalue weighted by atomic mass is 9.98. The van der Waals surface area contributed by atoms with Gasteiger partial charge in [-0.3, -0.25) is 4.79 Å². The predicted molar refractivity (Wildman–Crippen MR) is 68.8 cm³/mol. The maximum Gasteiger partial charge on any atom is 0.328 e. The number of amides is 1. The minimum Gasteiger partial charge on any atom is -0.464 e. The number of rotatable bonds is 4. The van der Waals surface area contributed by atoms with Crippen molar-refractivity contribution in [3.63, 3.8) is 0 Å². The first kappa shape index (κ1) is 15.0. The SMILES string of the molecule is CCOC(=O)C1CCCCN1C(=O)[C@H](N)C(C)C. The highest BCUT2D eigenvalue weighted by molar-refractivity contribution is 5.87. The number of likely N-dealkylation sites (tertiary alicyclic amines) is 1. The molecular weight excluding hydrogens is 232 g/mol. The number of carbonyl (C=O) groups is 2. The molecule has 5 nitrogen and oxygen atoms in total. The molecule has 0 aliphatic carbocycles. The molecule has 2 atom stereocenters. The number of piperidine rings is 1. The first-order valence-corrected chi connectivity index (χ1v) is 6.71. The summed E-state index contributed by atoms with van der Waals surface area (Å²) in [6.07, 6.45) is 2.55. The van der Waals surface area contributed by atoms with Gasteiger partial charge < -0.3 is 15.4 Å². The van der Waals surface area contributed by atoms with E-state index in [9.17, 15) is 9.59 Å². The molecular formula is C13H24N2O3. The molecule has 18 heavy (non-hydrogen) atoms. The van der Waals surface area contributed by atoms with Gasteiger partial charge in [-0.15, -0.1) is 0 Å². The topological polar surface area (TPSA) is 72.6 Å². The van der Waals surface area contributed by atoms with E-state index in [-0.39, 0.29) is 17.8 Å². The zero-order valence-corrected chi connectivity index (χ0v) is 11.5. The number of carbonyl (C=O) groups excluding carboxylic acids is 2. The van der Waals surface area contributed by atoms with Crippen LogP contribution in [0.25, 0.3) is 0 Å². The Morgan fingerprint density at radius 3 is 2.61 bits per heavy atom. The van der Waals surface area contributed by atoms with Gasteiger partial charge in [0.25, 0.3) is 0 Å². The largest absolute Gasteiger partial charge is 0.464 e. The van der Waals surface area contributed by atoms with Gasteiger partial charge in [0.15, 0.2) is 0 Å². The number of hydrogen-bond donors (Lipinski definition) is 1. The highest BCUT2D eigenvalue weighted by Gasteiger charge is 2.35. The molecule has 1 fully saturated rings. The summed E-state index contributed by atoms with van der Waals surface area (Å²) in [6, 6.07) is -0.990. The minimum atomic E-state index is -0.542. The standard InChI is InChI=1S/C13H24N2O3/c1-4-18-13(17)10-7-5-6-8-15(10)12(16)11(14)9(2)3/h9-11H,4-8,14H2,1-3H3/t10?,11-/m1/s1. The number of hydrogen-bond acceptors (Lipinski definition) is 4. The van der Waals surface area contributed by atoms with Gasteiger partial charge in [-0.25, -0.2) is 4.79 Å². The lowest BCUT2D eigenvalue weighted by molar-refractivity contribution is -0.157. The molecule has 0 aromatic heterocycles. The molecule has 0 aromatic carbocycles. The van der Waals surface area contributed by atoms with Crippen molar-refractivity contribution in [3.8, 4) is 0 Å². The Hall–Kier alpha value is -1.10. The van der Waals surface area contributed by atoms with Crippen LogP contribution >= 0.6 is 0 Å². The molecule has 0 spiro atoms. The molecule has 1 aliphatic rings. The molecule has 1 saturated heterocycles. The summed E-state index contributed by atoms with van der Waals surface area (Å²) in [5.74, 6) is -0.369. The number of nitrogens with zero attached hydrogens (tertiary/aromatic N) is 1. The van der Waals surface area contributed by atoms with Crippen LogP contribution in [-0.4, -0.2) is 42.0 Å². The van der Waals surface area contributed by atoms with Crippen LogP contribution in [-0.2, 0) is 14.3 Å². The van der Waals surface area contributed by atoms with Crippen molar-refractivity contribution in [3.05, 3.63) is 0 Å². The molecule has 1 unspecified atom stereocenters. The Morgan fingerprint density at radius 2 is 2.06 bits per heavy atom. The Bertz CT molecular complexity index is 305. The van der Waals surface area contributed by atoms with Gasteiger partial charge in [0.1, 0.15) is 6.04 Å². The van der Waals surface area contributed by atoms with Gasteiger partial charge in [0, 0.05) is 6.54 Å².